The van der Waals surface area contributed by atoms with Crippen molar-refractivity contribution in [2.75, 3.05) is 6.61 Å². The normalized spacial score (nSPS) is 11.4. The molecule has 3 rings (SSSR count). The molecule has 24 heavy (non-hydrogen) atoms. The van der Waals surface area contributed by atoms with Crippen molar-refractivity contribution >= 4 is 0 Å². The van der Waals surface area contributed by atoms with Gasteiger partial charge in [0.2, 0.25) is 0 Å². The van der Waals surface area contributed by atoms with Crippen molar-refractivity contribution in [2.24, 2.45) is 0 Å². The lowest BCUT2D eigenvalue weighted by atomic mass is 10.2. The quantitative estimate of drug-likeness (QED) is 0.756. The zero-order valence-corrected chi connectivity index (χ0v) is 14.3. The molecule has 0 atom stereocenters. The predicted octanol–water partition coefficient (Wildman–Crippen LogP) is 3.08. The first-order valence-corrected chi connectivity index (χ1v) is 8.28. The maximum Gasteiger partial charge on any atom is 0.181 e. The Morgan fingerprint density at radius 2 is 1.88 bits per heavy atom. The van der Waals surface area contributed by atoms with Gasteiger partial charge in [-0.3, -0.25) is 4.68 Å². The van der Waals surface area contributed by atoms with Crippen LogP contribution in [0.15, 0.2) is 36.4 Å². The standard InChI is InChI=1S/C18H23N5O/c1-13(2)23-14(3)12-16(20-23)18-19-17(15-8-5-4-6-9-15)21-22(18)10-7-11-24/h4-6,8-9,12-13,24H,7,10-11H2,1-3H3. The summed E-state index contributed by atoms with van der Waals surface area (Å²) in [5, 5.41) is 18.5. The van der Waals surface area contributed by atoms with E-state index in [0.717, 1.165) is 22.8 Å². The van der Waals surface area contributed by atoms with Crippen molar-refractivity contribution in [3.63, 3.8) is 0 Å². The van der Waals surface area contributed by atoms with Crippen molar-refractivity contribution in [3.8, 4) is 22.9 Å². The van der Waals surface area contributed by atoms with E-state index < -0.39 is 0 Å². The highest BCUT2D eigenvalue weighted by Gasteiger charge is 2.17. The number of aliphatic hydroxyl groups is 1. The van der Waals surface area contributed by atoms with Crippen molar-refractivity contribution in [1.82, 2.24) is 24.5 Å². The van der Waals surface area contributed by atoms with Gasteiger partial charge in [0.05, 0.1) is 0 Å². The Kier molecular flexibility index (Phi) is 4.76. The third-order valence-electron chi connectivity index (χ3n) is 3.87. The number of hydrogen-bond acceptors (Lipinski definition) is 4. The summed E-state index contributed by atoms with van der Waals surface area (Å²) in [6.07, 6.45) is 0.633. The van der Waals surface area contributed by atoms with Crippen molar-refractivity contribution in [2.45, 2.75) is 39.8 Å². The molecule has 0 bridgehead atoms. The number of rotatable bonds is 6. The average molecular weight is 325 g/mol. The molecule has 6 heteroatoms. The lowest BCUT2D eigenvalue weighted by Crippen LogP contribution is -2.07. The topological polar surface area (TPSA) is 68.8 Å². The Hall–Kier alpha value is -2.47. The van der Waals surface area contributed by atoms with Crippen LogP contribution < -0.4 is 0 Å². The number of aliphatic hydroxyl groups excluding tert-OH is 1. The minimum atomic E-state index is 0.124. The molecule has 1 aromatic carbocycles. The Bertz CT molecular complexity index is 804. The van der Waals surface area contributed by atoms with Gasteiger partial charge in [0.25, 0.3) is 0 Å². The van der Waals surface area contributed by atoms with Crippen LogP contribution in [0.2, 0.25) is 0 Å². The smallest absolute Gasteiger partial charge is 0.181 e. The van der Waals surface area contributed by atoms with E-state index in [9.17, 15) is 0 Å². The van der Waals surface area contributed by atoms with Crippen molar-refractivity contribution < 1.29 is 5.11 Å². The molecule has 3 aromatic rings. The zero-order valence-electron chi connectivity index (χ0n) is 14.3. The van der Waals surface area contributed by atoms with Gasteiger partial charge in [0.15, 0.2) is 11.6 Å². The molecule has 0 radical (unpaired) electrons. The first-order valence-electron chi connectivity index (χ1n) is 8.28. The van der Waals surface area contributed by atoms with Gasteiger partial charge in [0, 0.05) is 30.5 Å². The molecule has 0 aliphatic carbocycles. The summed E-state index contributed by atoms with van der Waals surface area (Å²) in [6.45, 7) is 6.99. The predicted molar refractivity (Wildman–Crippen MR) is 93.5 cm³/mol. The Balaban J connectivity index is 2.05. The molecule has 0 unspecified atom stereocenters. The second kappa shape index (κ2) is 6.97. The third kappa shape index (κ3) is 3.23. The van der Waals surface area contributed by atoms with Crippen LogP contribution in [0.3, 0.4) is 0 Å². The van der Waals surface area contributed by atoms with Crippen LogP contribution in [-0.4, -0.2) is 36.3 Å². The van der Waals surface area contributed by atoms with E-state index in [0.29, 0.717) is 24.8 Å². The highest BCUT2D eigenvalue weighted by atomic mass is 16.3. The van der Waals surface area contributed by atoms with Gasteiger partial charge < -0.3 is 5.11 Å². The van der Waals surface area contributed by atoms with Crippen LogP contribution in [0, 0.1) is 6.92 Å². The van der Waals surface area contributed by atoms with E-state index in [4.69, 9.17) is 10.1 Å². The van der Waals surface area contributed by atoms with E-state index in [-0.39, 0.29) is 6.61 Å². The first kappa shape index (κ1) is 16.4. The van der Waals surface area contributed by atoms with Crippen LogP contribution in [0.4, 0.5) is 0 Å². The molecule has 126 valence electrons. The lowest BCUT2D eigenvalue weighted by molar-refractivity contribution is 0.277. The molecule has 2 heterocycles. The zero-order chi connectivity index (χ0) is 17.1. The molecule has 6 nitrogen and oxygen atoms in total. The van der Waals surface area contributed by atoms with Gasteiger partial charge >= 0.3 is 0 Å². The molecule has 1 N–H and O–H groups in total. The molecule has 0 fully saturated rings. The largest absolute Gasteiger partial charge is 0.396 e. The maximum atomic E-state index is 9.15. The lowest BCUT2D eigenvalue weighted by Gasteiger charge is -2.07. The van der Waals surface area contributed by atoms with Crippen molar-refractivity contribution in [1.29, 1.82) is 0 Å². The highest BCUT2D eigenvalue weighted by molar-refractivity contribution is 5.59. The fourth-order valence-electron chi connectivity index (χ4n) is 2.74. The molecular formula is C18H23N5O. The van der Waals surface area contributed by atoms with Gasteiger partial charge in [-0.15, -0.1) is 0 Å². The molecule has 2 aromatic heterocycles. The second-order valence-electron chi connectivity index (χ2n) is 6.13. The van der Waals surface area contributed by atoms with Gasteiger partial charge in [-0.05, 0) is 33.3 Å². The van der Waals surface area contributed by atoms with Crippen LogP contribution in [-0.2, 0) is 6.54 Å². The van der Waals surface area contributed by atoms with Gasteiger partial charge in [-0.25, -0.2) is 9.67 Å². The summed E-state index contributed by atoms with van der Waals surface area (Å²) in [6, 6.07) is 12.2. The summed E-state index contributed by atoms with van der Waals surface area (Å²) in [7, 11) is 0. The van der Waals surface area contributed by atoms with Crippen LogP contribution in [0.1, 0.15) is 32.0 Å². The van der Waals surface area contributed by atoms with Crippen LogP contribution in [0.25, 0.3) is 22.9 Å². The Morgan fingerprint density at radius 1 is 1.12 bits per heavy atom. The van der Waals surface area contributed by atoms with Gasteiger partial charge in [-0.1, -0.05) is 30.3 Å². The first-order chi connectivity index (χ1) is 11.6. The highest BCUT2D eigenvalue weighted by Crippen LogP contribution is 2.23. The fraction of sp³-hybridized carbons (Fsp3) is 0.389. The Labute approximate surface area is 141 Å². The minimum Gasteiger partial charge on any atom is -0.396 e. The number of nitrogens with zero attached hydrogens (tertiary/aromatic N) is 5. The molecular weight excluding hydrogens is 302 g/mol. The summed E-state index contributed by atoms with van der Waals surface area (Å²) >= 11 is 0. The van der Waals surface area contributed by atoms with Gasteiger partial charge in [-0.2, -0.15) is 10.2 Å². The van der Waals surface area contributed by atoms with E-state index in [1.165, 1.54) is 0 Å². The summed E-state index contributed by atoms with van der Waals surface area (Å²) < 4.78 is 3.83. The van der Waals surface area contributed by atoms with E-state index in [1.807, 2.05) is 52.7 Å². The second-order valence-corrected chi connectivity index (χ2v) is 6.13. The molecule has 0 aliphatic rings. The number of benzene rings is 1. The fourth-order valence-corrected chi connectivity index (χ4v) is 2.74. The summed E-state index contributed by atoms with van der Waals surface area (Å²) in [5.74, 6) is 1.42. The molecule has 0 saturated heterocycles. The monoisotopic (exact) mass is 325 g/mol. The van der Waals surface area contributed by atoms with Gasteiger partial charge in [0.1, 0.15) is 5.69 Å². The molecule has 0 amide bonds. The van der Waals surface area contributed by atoms with Crippen LogP contribution in [0.5, 0.6) is 0 Å². The molecule has 0 spiro atoms. The summed E-state index contributed by atoms with van der Waals surface area (Å²) in [5.41, 5.74) is 2.88. The minimum absolute atomic E-state index is 0.124. The maximum absolute atomic E-state index is 9.15. The number of hydrogen-bond donors (Lipinski definition) is 1. The van der Waals surface area contributed by atoms with E-state index in [2.05, 4.69) is 24.0 Å². The van der Waals surface area contributed by atoms with E-state index >= 15 is 0 Å². The third-order valence-corrected chi connectivity index (χ3v) is 3.87. The SMILES string of the molecule is Cc1cc(-c2nc(-c3ccccc3)nn2CCCO)nn1C(C)C. The average Bonchev–Trinajstić information content (AvgIpc) is 3.17. The Morgan fingerprint density at radius 3 is 2.50 bits per heavy atom. The van der Waals surface area contributed by atoms with Crippen molar-refractivity contribution in [3.05, 3.63) is 42.1 Å². The molecule has 0 aliphatic heterocycles. The van der Waals surface area contributed by atoms with E-state index in [1.54, 1.807) is 0 Å². The number of aromatic nitrogens is 5. The number of aryl methyl sites for hydroxylation is 2. The molecule has 0 saturated carbocycles. The summed E-state index contributed by atoms with van der Waals surface area (Å²) in [4.78, 5) is 4.71. The van der Waals surface area contributed by atoms with Crippen LogP contribution >= 0.6 is 0 Å².